The zero-order valence-corrected chi connectivity index (χ0v) is 13.0. The first kappa shape index (κ1) is 15.3. The quantitative estimate of drug-likeness (QED) is 0.673. The van der Waals surface area contributed by atoms with Crippen LogP contribution in [0.4, 0.5) is 10.1 Å². The van der Waals surface area contributed by atoms with Crippen LogP contribution >= 0.6 is 15.9 Å². The lowest BCUT2D eigenvalue weighted by molar-refractivity contribution is -0.116. The SMILES string of the molecule is CN(NC(=O)/C=C/c1cc(Br)ccc1F)c1ccccc1. The summed E-state index contributed by atoms with van der Waals surface area (Å²) in [6, 6.07) is 14.0. The molecule has 108 valence electrons. The summed E-state index contributed by atoms with van der Waals surface area (Å²) in [5, 5.41) is 1.60. The van der Waals surface area contributed by atoms with Gasteiger partial charge in [-0.1, -0.05) is 34.1 Å². The fraction of sp³-hybridized carbons (Fsp3) is 0.0625. The second kappa shape index (κ2) is 7.04. The molecule has 1 amide bonds. The number of hydrazine groups is 1. The van der Waals surface area contributed by atoms with Crippen LogP contribution < -0.4 is 10.4 Å². The number of hydrogen-bond donors (Lipinski definition) is 1. The highest BCUT2D eigenvalue weighted by atomic mass is 79.9. The van der Waals surface area contributed by atoms with E-state index in [9.17, 15) is 9.18 Å². The van der Waals surface area contributed by atoms with Gasteiger partial charge in [0.25, 0.3) is 5.91 Å². The molecule has 0 bridgehead atoms. The van der Waals surface area contributed by atoms with Crippen LogP contribution in [0.25, 0.3) is 6.08 Å². The van der Waals surface area contributed by atoms with Gasteiger partial charge in [0.2, 0.25) is 0 Å². The Morgan fingerprint density at radius 1 is 1.24 bits per heavy atom. The standard InChI is InChI=1S/C16H14BrFN2O/c1-20(14-5-3-2-4-6-14)19-16(21)10-7-12-11-13(17)8-9-15(12)18/h2-11H,1H3,(H,19,21)/b10-7+. The van der Waals surface area contributed by atoms with Gasteiger partial charge in [0.15, 0.2) is 0 Å². The molecule has 0 heterocycles. The van der Waals surface area contributed by atoms with Crippen molar-refractivity contribution in [1.29, 1.82) is 0 Å². The molecular formula is C16H14BrFN2O. The molecule has 0 aliphatic heterocycles. The summed E-state index contributed by atoms with van der Waals surface area (Å²) in [6.07, 6.45) is 2.73. The molecule has 0 saturated heterocycles. The van der Waals surface area contributed by atoms with E-state index in [-0.39, 0.29) is 11.7 Å². The van der Waals surface area contributed by atoms with Crippen molar-refractivity contribution in [2.75, 3.05) is 12.1 Å². The van der Waals surface area contributed by atoms with Crippen LogP contribution in [0.15, 0.2) is 59.1 Å². The highest BCUT2D eigenvalue weighted by molar-refractivity contribution is 9.10. The Bertz CT molecular complexity index is 659. The van der Waals surface area contributed by atoms with Crippen molar-refractivity contribution >= 4 is 33.6 Å². The van der Waals surface area contributed by atoms with Crippen molar-refractivity contribution in [3.05, 3.63) is 70.5 Å². The lowest BCUT2D eigenvalue weighted by atomic mass is 10.2. The summed E-state index contributed by atoms with van der Waals surface area (Å²) < 4.78 is 14.3. The number of amides is 1. The van der Waals surface area contributed by atoms with Crippen LogP contribution in [-0.2, 0) is 4.79 Å². The van der Waals surface area contributed by atoms with E-state index in [2.05, 4.69) is 21.4 Å². The molecule has 0 aliphatic carbocycles. The molecule has 0 fully saturated rings. The highest BCUT2D eigenvalue weighted by Gasteiger charge is 2.04. The predicted octanol–water partition coefficient (Wildman–Crippen LogP) is 3.77. The Morgan fingerprint density at radius 2 is 1.95 bits per heavy atom. The van der Waals surface area contributed by atoms with Gasteiger partial charge in [0, 0.05) is 23.2 Å². The molecule has 3 nitrogen and oxygen atoms in total. The highest BCUT2D eigenvalue weighted by Crippen LogP contribution is 2.16. The Hall–Kier alpha value is -2.14. The number of halogens is 2. The molecule has 0 radical (unpaired) electrons. The molecule has 2 rings (SSSR count). The zero-order chi connectivity index (χ0) is 15.2. The number of para-hydroxylation sites is 1. The minimum atomic E-state index is -0.376. The maximum absolute atomic E-state index is 13.5. The third kappa shape index (κ3) is 4.43. The maximum atomic E-state index is 13.5. The minimum Gasteiger partial charge on any atom is -0.288 e. The molecule has 0 saturated carbocycles. The average molecular weight is 349 g/mol. The molecule has 0 spiro atoms. The van der Waals surface area contributed by atoms with Gasteiger partial charge in [-0.3, -0.25) is 15.2 Å². The Kier molecular flexibility index (Phi) is 5.11. The number of rotatable bonds is 4. The van der Waals surface area contributed by atoms with E-state index in [1.54, 1.807) is 24.2 Å². The molecule has 1 N–H and O–H groups in total. The summed E-state index contributed by atoms with van der Waals surface area (Å²) in [5.41, 5.74) is 3.88. The Labute approximate surface area is 131 Å². The number of carbonyl (C=O) groups is 1. The molecular weight excluding hydrogens is 335 g/mol. The largest absolute Gasteiger partial charge is 0.288 e. The predicted molar refractivity (Wildman–Crippen MR) is 86.1 cm³/mol. The number of anilines is 1. The van der Waals surface area contributed by atoms with Gasteiger partial charge in [-0.25, -0.2) is 4.39 Å². The van der Waals surface area contributed by atoms with Gasteiger partial charge >= 0.3 is 0 Å². The lowest BCUT2D eigenvalue weighted by Gasteiger charge is -2.19. The average Bonchev–Trinajstić information content (AvgIpc) is 2.49. The van der Waals surface area contributed by atoms with Gasteiger partial charge in [-0.2, -0.15) is 0 Å². The van der Waals surface area contributed by atoms with Crippen LogP contribution in [0.3, 0.4) is 0 Å². The molecule has 21 heavy (non-hydrogen) atoms. The molecule has 0 aromatic heterocycles. The van der Waals surface area contributed by atoms with Crippen molar-refractivity contribution in [2.24, 2.45) is 0 Å². The summed E-state index contributed by atoms with van der Waals surface area (Å²) in [7, 11) is 1.74. The first-order chi connectivity index (χ1) is 10.1. The maximum Gasteiger partial charge on any atom is 0.262 e. The molecule has 0 atom stereocenters. The summed E-state index contributed by atoms with van der Waals surface area (Å²) in [5.74, 6) is -0.709. The van der Waals surface area contributed by atoms with Gasteiger partial charge < -0.3 is 0 Å². The van der Waals surface area contributed by atoms with Gasteiger partial charge in [0.05, 0.1) is 5.69 Å². The smallest absolute Gasteiger partial charge is 0.262 e. The first-order valence-electron chi connectivity index (χ1n) is 6.29. The summed E-state index contributed by atoms with van der Waals surface area (Å²) in [6.45, 7) is 0. The molecule has 5 heteroatoms. The van der Waals surface area contributed by atoms with Crippen molar-refractivity contribution < 1.29 is 9.18 Å². The van der Waals surface area contributed by atoms with E-state index >= 15 is 0 Å². The van der Waals surface area contributed by atoms with Gasteiger partial charge in [-0.15, -0.1) is 0 Å². The van der Waals surface area contributed by atoms with Crippen molar-refractivity contribution in [1.82, 2.24) is 5.43 Å². The second-order valence-electron chi connectivity index (χ2n) is 4.37. The van der Waals surface area contributed by atoms with E-state index in [0.29, 0.717) is 5.56 Å². The number of hydrogen-bond acceptors (Lipinski definition) is 2. The fourth-order valence-electron chi connectivity index (χ4n) is 1.73. The number of nitrogens with zero attached hydrogens (tertiary/aromatic N) is 1. The van der Waals surface area contributed by atoms with E-state index in [1.807, 2.05) is 30.3 Å². The normalized spacial score (nSPS) is 10.6. The van der Waals surface area contributed by atoms with Gasteiger partial charge in [-0.05, 0) is 36.4 Å². The Morgan fingerprint density at radius 3 is 2.67 bits per heavy atom. The third-order valence-electron chi connectivity index (χ3n) is 2.79. The lowest BCUT2D eigenvalue weighted by Crippen LogP contribution is -2.38. The van der Waals surface area contributed by atoms with E-state index in [4.69, 9.17) is 0 Å². The summed E-state index contributed by atoms with van der Waals surface area (Å²) in [4.78, 5) is 11.8. The molecule has 2 aromatic rings. The first-order valence-corrected chi connectivity index (χ1v) is 7.08. The van der Waals surface area contributed by atoms with E-state index < -0.39 is 0 Å². The zero-order valence-electron chi connectivity index (χ0n) is 11.4. The van der Waals surface area contributed by atoms with Crippen molar-refractivity contribution in [3.63, 3.8) is 0 Å². The van der Waals surface area contributed by atoms with Crippen molar-refractivity contribution in [2.45, 2.75) is 0 Å². The summed E-state index contributed by atoms with van der Waals surface area (Å²) >= 11 is 3.26. The second-order valence-corrected chi connectivity index (χ2v) is 5.29. The monoisotopic (exact) mass is 348 g/mol. The minimum absolute atomic E-state index is 0.333. The number of nitrogens with one attached hydrogen (secondary N) is 1. The van der Waals surface area contributed by atoms with Crippen LogP contribution in [0.2, 0.25) is 0 Å². The number of benzene rings is 2. The third-order valence-corrected chi connectivity index (χ3v) is 3.29. The topological polar surface area (TPSA) is 32.3 Å². The van der Waals surface area contributed by atoms with Crippen LogP contribution in [0, 0.1) is 5.82 Å². The molecule has 0 aliphatic rings. The van der Waals surface area contributed by atoms with Crippen LogP contribution in [-0.4, -0.2) is 13.0 Å². The number of carbonyl (C=O) groups excluding carboxylic acids is 1. The molecule has 2 aromatic carbocycles. The van der Waals surface area contributed by atoms with Gasteiger partial charge in [0.1, 0.15) is 5.82 Å². The molecule has 0 unspecified atom stereocenters. The van der Waals surface area contributed by atoms with Crippen LogP contribution in [0.5, 0.6) is 0 Å². The fourth-order valence-corrected chi connectivity index (χ4v) is 2.11. The van der Waals surface area contributed by atoms with Crippen LogP contribution in [0.1, 0.15) is 5.56 Å². The van der Waals surface area contributed by atoms with Crippen molar-refractivity contribution in [3.8, 4) is 0 Å². The van der Waals surface area contributed by atoms with E-state index in [1.165, 1.54) is 18.2 Å². The van der Waals surface area contributed by atoms with E-state index in [0.717, 1.165) is 10.2 Å². The Balaban J connectivity index is 2.01.